The third-order valence-corrected chi connectivity index (χ3v) is 4.94. The molecule has 3 heterocycles. The normalized spacial score (nSPS) is 15.6. The Labute approximate surface area is 126 Å². The van der Waals surface area contributed by atoms with Crippen molar-refractivity contribution in [3.05, 3.63) is 27.1 Å². The van der Waals surface area contributed by atoms with E-state index >= 15 is 0 Å². The number of hydrogen-bond acceptors (Lipinski definition) is 5. The fourth-order valence-electron chi connectivity index (χ4n) is 2.44. The smallest absolute Gasteiger partial charge is 0.262 e. The van der Waals surface area contributed by atoms with Gasteiger partial charge in [-0.15, -0.1) is 11.3 Å². The van der Waals surface area contributed by atoms with E-state index in [1.807, 2.05) is 13.8 Å². The lowest BCUT2D eigenvalue weighted by Crippen LogP contribution is -2.43. The molecule has 6 nitrogen and oxygen atoms in total. The summed E-state index contributed by atoms with van der Waals surface area (Å²) < 4.78 is 6.63. The Hall–Kier alpha value is -1.73. The van der Waals surface area contributed by atoms with Gasteiger partial charge in [0.2, 0.25) is 5.91 Å². The quantitative estimate of drug-likeness (QED) is 0.828. The van der Waals surface area contributed by atoms with Crippen LogP contribution in [0.2, 0.25) is 0 Å². The highest BCUT2D eigenvalue weighted by atomic mass is 32.1. The van der Waals surface area contributed by atoms with Crippen molar-refractivity contribution < 1.29 is 9.53 Å². The SMILES string of the molecule is Cc1sc2ncn(CC(=O)N3CCOCC3)c(=O)c2c1C. The predicted molar refractivity (Wildman–Crippen MR) is 80.8 cm³/mol. The molecule has 1 fully saturated rings. The van der Waals surface area contributed by atoms with Crippen LogP contribution in [0.15, 0.2) is 11.1 Å². The average Bonchev–Trinajstić information content (AvgIpc) is 2.79. The topological polar surface area (TPSA) is 64.4 Å². The molecule has 0 radical (unpaired) electrons. The zero-order chi connectivity index (χ0) is 15.0. The number of aromatic nitrogens is 2. The number of carbonyl (C=O) groups is 1. The van der Waals surface area contributed by atoms with Crippen molar-refractivity contribution in [3.63, 3.8) is 0 Å². The van der Waals surface area contributed by atoms with E-state index in [0.717, 1.165) is 15.3 Å². The van der Waals surface area contributed by atoms with E-state index in [2.05, 4.69) is 4.98 Å². The molecule has 0 saturated carbocycles. The molecule has 7 heteroatoms. The summed E-state index contributed by atoms with van der Waals surface area (Å²) in [5.74, 6) is -0.0637. The number of nitrogens with zero attached hydrogens (tertiary/aromatic N) is 3. The monoisotopic (exact) mass is 307 g/mol. The second kappa shape index (κ2) is 5.57. The largest absolute Gasteiger partial charge is 0.378 e. The lowest BCUT2D eigenvalue weighted by molar-refractivity contribution is -0.135. The van der Waals surface area contributed by atoms with E-state index < -0.39 is 0 Å². The Balaban J connectivity index is 1.90. The van der Waals surface area contributed by atoms with Gasteiger partial charge >= 0.3 is 0 Å². The second-order valence-electron chi connectivity index (χ2n) is 5.13. The molecule has 0 atom stereocenters. The van der Waals surface area contributed by atoms with Crippen LogP contribution < -0.4 is 5.56 Å². The second-order valence-corrected chi connectivity index (χ2v) is 6.34. The van der Waals surface area contributed by atoms with Gasteiger partial charge in [0.15, 0.2) is 0 Å². The Bertz CT molecular complexity index is 744. The summed E-state index contributed by atoms with van der Waals surface area (Å²) in [5, 5.41) is 0.634. The van der Waals surface area contributed by atoms with Gasteiger partial charge < -0.3 is 9.64 Å². The summed E-state index contributed by atoms with van der Waals surface area (Å²) in [6.45, 7) is 6.22. The average molecular weight is 307 g/mol. The van der Waals surface area contributed by atoms with Crippen LogP contribution in [-0.2, 0) is 16.1 Å². The number of fused-ring (bicyclic) bond motifs is 1. The molecule has 0 spiro atoms. The highest BCUT2D eigenvalue weighted by Gasteiger charge is 2.19. The summed E-state index contributed by atoms with van der Waals surface area (Å²) >= 11 is 1.51. The zero-order valence-corrected chi connectivity index (χ0v) is 12.9. The van der Waals surface area contributed by atoms with Crippen LogP contribution in [0.5, 0.6) is 0 Å². The molecule has 0 bridgehead atoms. The number of thiophene rings is 1. The number of hydrogen-bond donors (Lipinski definition) is 0. The van der Waals surface area contributed by atoms with Crippen LogP contribution in [0.1, 0.15) is 10.4 Å². The van der Waals surface area contributed by atoms with Gasteiger partial charge in [-0.2, -0.15) is 0 Å². The molecule has 0 N–H and O–H groups in total. The number of carbonyl (C=O) groups excluding carboxylic acids is 1. The molecule has 21 heavy (non-hydrogen) atoms. The third kappa shape index (κ3) is 2.58. The maximum Gasteiger partial charge on any atom is 0.262 e. The van der Waals surface area contributed by atoms with Crippen molar-refractivity contribution in [1.29, 1.82) is 0 Å². The van der Waals surface area contributed by atoms with Gasteiger partial charge in [0.05, 0.1) is 24.9 Å². The van der Waals surface area contributed by atoms with E-state index in [1.165, 1.54) is 22.2 Å². The van der Waals surface area contributed by atoms with Crippen molar-refractivity contribution in [2.75, 3.05) is 26.3 Å². The summed E-state index contributed by atoms with van der Waals surface area (Å²) in [6, 6.07) is 0. The van der Waals surface area contributed by atoms with E-state index in [4.69, 9.17) is 4.74 Å². The van der Waals surface area contributed by atoms with Crippen LogP contribution in [0.25, 0.3) is 10.2 Å². The first kappa shape index (κ1) is 14.2. The third-order valence-electron chi connectivity index (χ3n) is 3.83. The zero-order valence-electron chi connectivity index (χ0n) is 12.1. The number of ether oxygens (including phenoxy) is 1. The lowest BCUT2D eigenvalue weighted by Gasteiger charge is -2.26. The molecular formula is C14H17N3O3S. The molecule has 1 aliphatic heterocycles. The highest BCUT2D eigenvalue weighted by Crippen LogP contribution is 2.25. The predicted octanol–water partition coefficient (Wildman–Crippen LogP) is 0.934. The number of aryl methyl sites for hydroxylation is 2. The van der Waals surface area contributed by atoms with Crippen molar-refractivity contribution in [3.8, 4) is 0 Å². The van der Waals surface area contributed by atoms with Crippen LogP contribution in [-0.4, -0.2) is 46.7 Å². The standard InChI is InChI=1S/C14H17N3O3S/c1-9-10(2)21-13-12(9)14(19)17(8-15-13)7-11(18)16-3-5-20-6-4-16/h8H,3-7H2,1-2H3. The summed E-state index contributed by atoms with van der Waals surface area (Å²) in [4.78, 5) is 32.6. The van der Waals surface area contributed by atoms with Gasteiger partial charge in [0.25, 0.3) is 5.56 Å². The minimum absolute atomic E-state index is 0.0378. The van der Waals surface area contributed by atoms with Gasteiger partial charge in [0.1, 0.15) is 11.4 Å². The highest BCUT2D eigenvalue weighted by molar-refractivity contribution is 7.18. The molecule has 2 aromatic rings. The van der Waals surface area contributed by atoms with Crippen molar-refractivity contribution in [2.24, 2.45) is 0 Å². The fourth-order valence-corrected chi connectivity index (χ4v) is 3.43. The van der Waals surface area contributed by atoms with E-state index in [0.29, 0.717) is 31.7 Å². The van der Waals surface area contributed by atoms with Crippen molar-refractivity contribution in [1.82, 2.24) is 14.5 Å². The van der Waals surface area contributed by atoms with E-state index in [9.17, 15) is 9.59 Å². The Morgan fingerprint density at radius 2 is 2.10 bits per heavy atom. The summed E-state index contributed by atoms with van der Waals surface area (Å²) in [6.07, 6.45) is 1.47. The van der Waals surface area contributed by atoms with Crippen LogP contribution >= 0.6 is 11.3 Å². The number of morpholine rings is 1. The number of rotatable bonds is 2. The van der Waals surface area contributed by atoms with Gasteiger partial charge in [-0.05, 0) is 19.4 Å². The maximum atomic E-state index is 12.5. The Morgan fingerprint density at radius 3 is 2.81 bits per heavy atom. The summed E-state index contributed by atoms with van der Waals surface area (Å²) in [5.41, 5.74) is 0.823. The molecule has 0 unspecified atom stereocenters. The Kier molecular flexibility index (Phi) is 3.77. The van der Waals surface area contributed by atoms with E-state index in [-0.39, 0.29) is 18.0 Å². The van der Waals surface area contributed by atoms with Crippen LogP contribution in [0.4, 0.5) is 0 Å². The first-order valence-corrected chi connectivity index (χ1v) is 7.70. The molecule has 3 rings (SSSR count). The van der Waals surface area contributed by atoms with Gasteiger partial charge in [-0.25, -0.2) is 4.98 Å². The van der Waals surface area contributed by atoms with Gasteiger partial charge in [0, 0.05) is 18.0 Å². The van der Waals surface area contributed by atoms with Crippen molar-refractivity contribution >= 4 is 27.5 Å². The summed E-state index contributed by atoms with van der Waals surface area (Å²) in [7, 11) is 0. The van der Waals surface area contributed by atoms with E-state index in [1.54, 1.807) is 4.90 Å². The fraction of sp³-hybridized carbons (Fsp3) is 0.500. The lowest BCUT2D eigenvalue weighted by atomic mass is 10.2. The molecule has 0 aromatic carbocycles. The molecule has 2 aromatic heterocycles. The van der Waals surface area contributed by atoms with Gasteiger partial charge in [-0.1, -0.05) is 0 Å². The molecule has 1 aliphatic rings. The first-order valence-electron chi connectivity index (χ1n) is 6.88. The molecular weight excluding hydrogens is 290 g/mol. The molecule has 1 amide bonds. The van der Waals surface area contributed by atoms with Crippen molar-refractivity contribution in [2.45, 2.75) is 20.4 Å². The molecule has 0 aliphatic carbocycles. The van der Waals surface area contributed by atoms with Crippen LogP contribution in [0, 0.1) is 13.8 Å². The van der Waals surface area contributed by atoms with Gasteiger partial charge in [-0.3, -0.25) is 14.2 Å². The molecule has 112 valence electrons. The minimum Gasteiger partial charge on any atom is -0.378 e. The number of amides is 1. The van der Waals surface area contributed by atoms with Crippen LogP contribution in [0.3, 0.4) is 0 Å². The molecule has 1 saturated heterocycles. The first-order chi connectivity index (χ1) is 10.1. The Morgan fingerprint density at radius 1 is 1.38 bits per heavy atom. The minimum atomic E-state index is -0.136. The maximum absolute atomic E-state index is 12.5.